The fourth-order valence-electron chi connectivity index (χ4n) is 2.31. The molecule has 1 N–H and O–H groups in total. The van der Waals surface area contributed by atoms with Crippen molar-refractivity contribution >= 4 is 17.7 Å². The molecule has 0 aliphatic carbocycles. The van der Waals surface area contributed by atoms with Crippen LogP contribution in [0.4, 0.5) is 5.69 Å². The molecule has 1 heterocycles. The van der Waals surface area contributed by atoms with E-state index in [1.807, 2.05) is 30.3 Å². The summed E-state index contributed by atoms with van der Waals surface area (Å²) in [6.07, 6.45) is 3.37. The number of methoxy groups -OCH3 is 2. The quantitative estimate of drug-likeness (QED) is 0.682. The van der Waals surface area contributed by atoms with Crippen LogP contribution < -0.4 is 10.1 Å². The zero-order chi connectivity index (χ0) is 18.4. The van der Waals surface area contributed by atoms with Crippen molar-refractivity contribution in [3.8, 4) is 11.4 Å². The number of benzene rings is 2. The Morgan fingerprint density at radius 3 is 2.62 bits per heavy atom. The molecule has 0 fully saturated rings. The Morgan fingerprint density at radius 1 is 1.12 bits per heavy atom. The Hall–Kier alpha value is -3.68. The first kappa shape index (κ1) is 17.2. The molecular formula is C18H17N5O3. The number of tetrazole rings is 1. The predicted octanol–water partition coefficient (Wildman–Crippen LogP) is 2.54. The molecule has 0 amide bonds. The van der Waals surface area contributed by atoms with Crippen molar-refractivity contribution in [3.63, 3.8) is 0 Å². The summed E-state index contributed by atoms with van der Waals surface area (Å²) in [5.41, 5.74) is 1.86. The normalized spacial score (nSPS) is 10.7. The van der Waals surface area contributed by atoms with Gasteiger partial charge in [-0.25, -0.2) is 4.79 Å². The van der Waals surface area contributed by atoms with Crippen LogP contribution in [0.1, 0.15) is 16.2 Å². The molecule has 8 heteroatoms. The summed E-state index contributed by atoms with van der Waals surface area (Å²) in [6, 6.07) is 14.4. The highest BCUT2D eigenvalue weighted by Gasteiger charge is 2.10. The topological polar surface area (TPSA) is 91.2 Å². The van der Waals surface area contributed by atoms with Gasteiger partial charge in [-0.15, -0.1) is 5.10 Å². The predicted molar refractivity (Wildman–Crippen MR) is 96.1 cm³/mol. The number of carbonyl (C=O) groups is 1. The van der Waals surface area contributed by atoms with Crippen molar-refractivity contribution in [2.24, 2.45) is 0 Å². The van der Waals surface area contributed by atoms with Gasteiger partial charge in [-0.2, -0.15) is 4.68 Å². The van der Waals surface area contributed by atoms with Crippen LogP contribution in [-0.4, -0.2) is 40.4 Å². The first-order valence-electron chi connectivity index (χ1n) is 7.76. The van der Waals surface area contributed by atoms with Crippen LogP contribution >= 0.6 is 0 Å². The largest absolute Gasteiger partial charge is 0.497 e. The lowest BCUT2D eigenvalue weighted by Gasteiger charge is -2.07. The maximum absolute atomic E-state index is 11.8. The van der Waals surface area contributed by atoms with Crippen LogP contribution in [0.3, 0.4) is 0 Å². The van der Waals surface area contributed by atoms with Crippen molar-refractivity contribution in [1.29, 1.82) is 0 Å². The van der Waals surface area contributed by atoms with Crippen LogP contribution in [-0.2, 0) is 4.74 Å². The highest BCUT2D eigenvalue weighted by molar-refractivity contribution is 5.95. The van der Waals surface area contributed by atoms with E-state index in [-0.39, 0.29) is 0 Å². The molecule has 0 spiro atoms. The standard InChI is InChI=1S/C18H17N5O3/c1-25-14-9-7-13(8-10-14)23-17(20-21-22-23)11-12-19-16-6-4-3-5-15(16)18(24)26-2/h3-12,19H,1-2H3/b12-11-. The molecule has 0 saturated heterocycles. The molecule has 3 rings (SSSR count). The molecule has 0 unspecified atom stereocenters. The lowest BCUT2D eigenvalue weighted by molar-refractivity contribution is 0.0602. The van der Waals surface area contributed by atoms with Crippen LogP contribution in [0.25, 0.3) is 11.8 Å². The van der Waals surface area contributed by atoms with Gasteiger partial charge in [0.1, 0.15) is 5.75 Å². The molecule has 8 nitrogen and oxygen atoms in total. The van der Waals surface area contributed by atoms with Gasteiger partial charge in [0.25, 0.3) is 0 Å². The first-order chi connectivity index (χ1) is 12.7. The highest BCUT2D eigenvalue weighted by Crippen LogP contribution is 2.17. The van der Waals surface area contributed by atoms with E-state index in [1.54, 1.807) is 42.3 Å². The van der Waals surface area contributed by atoms with E-state index < -0.39 is 5.97 Å². The summed E-state index contributed by atoms with van der Waals surface area (Å²) in [5, 5.41) is 14.7. The number of para-hydroxylation sites is 1. The third kappa shape index (κ3) is 3.69. The number of carbonyl (C=O) groups excluding carboxylic acids is 1. The second-order valence-corrected chi connectivity index (χ2v) is 5.16. The minimum atomic E-state index is -0.412. The molecule has 132 valence electrons. The van der Waals surface area contributed by atoms with Crippen LogP contribution in [0.2, 0.25) is 0 Å². The van der Waals surface area contributed by atoms with Crippen LogP contribution in [0.15, 0.2) is 54.7 Å². The van der Waals surface area contributed by atoms with Gasteiger partial charge >= 0.3 is 5.97 Å². The Kier molecular flexibility index (Phi) is 5.23. The maximum atomic E-state index is 11.8. The van der Waals surface area contributed by atoms with E-state index in [0.29, 0.717) is 17.1 Å². The van der Waals surface area contributed by atoms with Crippen molar-refractivity contribution in [2.75, 3.05) is 19.5 Å². The van der Waals surface area contributed by atoms with Crippen molar-refractivity contribution in [3.05, 3.63) is 66.1 Å². The number of hydrogen-bond donors (Lipinski definition) is 1. The lowest BCUT2D eigenvalue weighted by atomic mass is 10.2. The Balaban J connectivity index is 1.78. The van der Waals surface area contributed by atoms with Crippen molar-refractivity contribution in [1.82, 2.24) is 20.2 Å². The van der Waals surface area contributed by atoms with E-state index in [0.717, 1.165) is 11.4 Å². The van der Waals surface area contributed by atoms with Gasteiger partial charge in [0.15, 0.2) is 5.82 Å². The van der Waals surface area contributed by atoms with Gasteiger partial charge in [-0.05, 0) is 46.8 Å². The molecule has 0 bridgehead atoms. The average Bonchev–Trinajstić information content (AvgIpc) is 3.16. The van der Waals surface area contributed by atoms with E-state index in [9.17, 15) is 4.79 Å². The molecule has 0 aliphatic rings. The second kappa shape index (κ2) is 7.93. The molecule has 1 aromatic heterocycles. The highest BCUT2D eigenvalue weighted by atomic mass is 16.5. The fourth-order valence-corrected chi connectivity index (χ4v) is 2.31. The Bertz CT molecular complexity index is 919. The number of rotatable bonds is 6. The van der Waals surface area contributed by atoms with E-state index in [4.69, 9.17) is 9.47 Å². The zero-order valence-electron chi connectivity index (χ0n) is 14.3. The lowest BCUT2D eigenvalue weighted by Crippen LogP contribution is -2.05. The van der Waals surface area contributed by atoms with Crippen LogP contribution in [0, 0.1) is 0 Å². The molecular weight excluding hydrogens is 334 g/mol. The molecule has 0 atom stereocenters. The zero-order valence-corrected chi connectivity index (χ0v) is 14.3. The molecule has 0 radical (unpaired) electrons. The van der Waals surface area contributed by atoms with Crippen LogP contribution in [0.5, 0.6) is 5.75 Å². The Morgan fingerprint density at radius 2 is 1.88 bits per heavy atom. The SMILES string of the molecule is COC(=O)c1ccccc1N/C=C\c1nnnn1-c1ccc(OC)cc1. The van der Waals surface area contributed by atoms with E-state index >= 15 is 0 Å². The fraction of sp³-hybridized carbons (Fsp3) is 0.111. The number of esters is 1. The van der Waals surface area contributed by atoms with Crippen molar-refractivity contribution < 1.29 is 14.3 Å². The first-order valence-corrected chi connectivity index (χ1v) is 7.76. The second-order valence-electron chi connectivity index (χ2n) is 5.16. The number of anilines is 1. The number of hydrogen-bond acceptors (Lipinski definition) is 7. The molecule has 26 heavy (non-hydrogen) atoms. The third-order valence-corrected chi connectivity index (χ3v) is 3.61. The van der Waals surface area contributed by atoms with E-state index in [2.05, 4.69) is 20.8 Å². The molecule has 2 aromatic carbocycles. The van der Waals surface area contributed by atoms with Gasteiger partial charge in [0.05, 0.1) is 31.2 Å². The van der Waals surface area contributed by atoms with Gasteiger partial charge < -0.3 is 14.8 Å². The minimum Gasteiger partial charge on any atom is -0.497 e. The molecule has 3 aromatic rings. The average molecular weight is 351 g/mol. The van der Waals surface area contributed by atoms with Gasteiger partial charge in [-0.3, -0.25) is 0 Å². The summed E-state index contributed by atoms with van der Waals surface area (Å²) in [4.78, 5) is 11.8. The number of ether oxygens (including phenoxy) is 2. The summed E-state index contributed by atoms with van der Waals surface area (Å²) >= 11 is 0. The van der Waals surface area contributed by atoms with Gasteiger partial charge in [0.2, 0.25) is 0 Å². The number of nitrogens with one attached hydrogen (secondary N) is 1. The maximum Gasteiger partial charge on any atom is 0.339 e. The summed E-state index contributed by atoms with van der Waals surface area (Å²) in [7, 11) is 2.95. The summed E-state index contributed by atoms with van der Waals surface area (Å²) in [5.74, 6) is 0.864. The van der Waals surface area contributed by atoms with Crippen molar-refractivity contribution in [2.45, 2.75) is 0 Å². The minimum absolute atomic E-state index is 0.412. The number of nitrogens with zero attached hydrogens (tertiary/aromatic N) is 4. The van der Waals surface area contributed by atoms with Gasteiger partial charge in [-0.1, -0.05) is 12.1 Å². The Labute approximate surface area is 150 Å². The summed E-state index contributed by atoms with van der Waals surface area (Å²) < 4.78 is 11.5. The molecule has 0 saturated carbocycles. The smallest absolute Gasteiger partial charge is 0.339 e. The van der Waals surface area contributed by atoms with Gasteiger partial charge in [0, 0.05) is 12.3 Å². The summed E-state index contributed by atoms with van der Waals surface area (Å²) in [6.45, 7) is 0. The monoisotopic (exact) mass is 351 g/mol. The van der Waals surface area contributed by atoms with E-state index in [1.165, 1.54) is 7.11 Å². The number of aromatic nitrogens is 4. The molecule has 0 aliphatic heterocycles. The third-order valence-electron chi connectivity index (χ3n) is 3.61.